The Kier molecular flexibility index (Phi) is 7.60. The predicted molar refractivity (Wildman–Crippen MR) is 100 cm³/mol. The summed E-state index contributed by atoms with van der Waals surface area (Å²) >= 11 is 3.33. The molecule has 2 atom stereocenters. The van der Waals surface area contributed by atoms with Crippen molar-refractivity contribution in [2.75, 3.05) is 51.5 Å². The minimum absolute atomic E-state index is 0.0967. The van der Waals surface area contributed by atoms with Gasteiger partial charge in [0.1, 0.15) is 6.61 Å². The third-order valence-electron chi connectivity index (χ3n) is 4.20. The SMILES string of the molecule is COCC(CON=C1CN(c2ncc(Br)cn2)C1)COC1CCCCO1. The minimum atomic E-state index is -0.0967. The van der Waals surface area contributed by atoms with Crippen LogP contribution in [-0.2, 0) is 19.0 Å². The average Bonchev–Trinajstić information content (AvgIpc) is 2.63. The fourth-order valence-corrected chi connectivity index (χ4v) is 2.97. The Morgan fingerprint density at radius 2 is 2.08 bits per heavy atom. The van der Waals surface area contributed by atoms with E-state index in [-0.39, 0.29) is 12.2 Å². The molecule has 1 aromatic heterocycles. The van der Waals surface area contributed by atoms with Crippen LogP contribution in [0.3, 0.4) is 0 Å². The van der Waals surface area contributed by atoms with E-state index in [0.717, 1.165) is 36.1 Å². The molecule has 144 valence electrons. The Morgan fingerprint density at radius 1 is 1.27 bits per heavy atom. The molecule has 0 spiro atoms. The van der Waals surface area contributed by atoms with Crippen LogP contribution in [-0.4, -0.2) is 68.6 Å². The lowest BCUT2D eigenvalue weighted by Crippen LogP contribution is -2.48. The first-order valence-electron chi connectivity index (χ1n) is 8.87. The van der Waals surface area contributed by atoms with Crippen LogP contribution >= 0.6 is 15.9 Å². The molecule has 2 unspecified atom stereocenters. The molecule has 9 heteroatoms. The van der Waals surface area contributed by atoms with Crippen molar-refractivity contribution in [2.24, 2.45) is 11.1 Å². The number of halogens is 1. The highest BCUT2D eigenvalue weighted by molar-refractivity contribution is 9.10. The summed E-state index contributed by atoms with van der Waals surface area (Å²) in [5.41, 5.74) is 0.976. The highest BCUT2D eigenvalue weighted by atomic mass is 79.9. The largest absolute Gasteiger partial charge is 0.395 e. The number of rotatable bonds is 9. The zero-order chi connectivity index (χ0) is 18.2. The Morgan fingerprint density at radius 3 is 2.77 bits per heavy atom. The van der Waals surface area contributed by atoms with Gasteiger partial charge >= 0.3 is 0 Å². The number of hydrogen-bond acceptors (Lipinski definition) is 8. The highest BCUT2D eigenvalue weighted by Crippen LogP contribution is 2.17. The van der Waals surface area contributed by atoms with E-state index in [1.54, 1.807) is 19.5 Å². The zero-order valence-corrected chi connectivity index (χ0v) is 16.6. The van der Waals surface area contributed by atoms with E-state index in [4.69, 9.17) is 19.0 Å². The van der Waals surface area contributed by atoms with Crippen molar-refractivity contribution in [3.63, 3.8) is 0 Å². The molecule has 0 aliphatic carbocycles. The first kappa shape index (κ1) is 19.5. The summed E-state index contributed by atoms with van der Waals surface area (Å²) in [6.07, 6.45) is 6.60. The van der Waals surface area contributed by atoms with Crippen LogP contribution in [0.4, 0.5) is 5.95 Å². The van der Waals surface area contributed by atoms with E-state index in [0.29, 0.717) is 38.9 Å². The number of methoxy groups -OCH3 is 1. The summed E-state index contributed by atoms with van der Waals surface area (Å²) in [5, 5.41) is 4.21. The Labute approximate surface area is 162 Å². The normalized spacial score (nSPS) is 21.2. The van der Waals surface area contributed by atoms with Gasteiger partial charge in [-0.15, -0.1) is 0 Å². The molecule has 0 saturated carbocycles. The van der Waals surface area contributed by atoms with Crippen LogP contribution in [0.2, 0.25) is 0 Å². The standard InChI is InChI=1S/C17H25BrN4O4/c1-23-10-13(11-25-16-4-2-3-5-24-16)12-26-21-15-8-22(9-15)17-19-6-14(18)7-20-17/h6-7,13,16H,2-5,8-12H2,1H3. The number of ether oxygens (including phenoxy) is 3. The Balaban J connectivity index is 1.36. The Bertz CT molecular complexity index is 573. The highest BCUT2D eigenvalue weighted by Gasteiger charge is 2.25. The molecular weight excluding hydrogens is 404 g/mol. The molecule has 1 aromatic rings. The van der Waals surface area contributed by atoms with Gasteiger partial charge in [-0.1, -0.05) is 5.16 Å². The van der Waals surface area contributed by atoms with Crippen LogP contribution in [0.1, 0.15) is 19.3 Å². The fraction of sp³-hybridized carbons (Fsp3) is 0.706. The molecular formula is C17H25BrN4O4. The molecule has 3 heterocycles. The summed E-state index contributed by atoms with van der Waals surface area (Å²) in [6.45, 7) is 3.71. The number of nitrogens with zero attached hydrogens (tertiary/aromatic N) is 4. The second-order valence-corrected chi connectivity index (χ2v) is 7.38. The van der Waals surface area contributed by atoms with E-state index in [9.17, 15) is 0 Å². The molecule has 3 rings (SSSR count). The van der Waals surface area contributed by atoms with Crippen LogP contribution in [0.15, 0.2) is 22.0 Å². The van der Waals surface area contributed by atoms with Crippen molar-refractivity contribution in [2.45, 2.75) is 25.6 Å². The topological polar surface area (TPSA) is 78.3 Å². The third-order valence-corrected chi connectivity index (χ3v) is 4.61. The van der Waals surface area contributed by atoms with Crippen molar-refractivity contribution < 1.29 is 19.0 Å². The minimum Gasteiger partial charge on any atom is -0.395 e. The summed E-state index contributed by atoms with van der Waals surface area (Å²) in [4.78, 5) is 16.1. The summed E-state index contributed by atoms with van der Waals surface area (Å²) in [7, 11) is 1.68. The number of aromatic nitrogens is 2. The van der Waals surface area contributed by atoms with Gasteiger partial charge in [0, 0.05) is 32.0 Å². The van der Waals surface area contributed by atoms with E-state index in [1.807, 2.05) is 4.90 Å². The molecule has 2 aliphatic rings. The van der Waals surface area contributed by atoms with Crippen LogP contribution in [0.5, 0.6) is 0 Å². The average molecular weight is 429 g/mol. The smallest absolute Gasteiger partial charge is 0.226 e. The Hall–Kier alpha value is -1.29. The van der Waals surface area contributed by atoms with Gasteiger partial charge in [0.05, 0.1) is 36.5 Å². The van der Waals surface area contributed by atoms with Crippen molar-refractivity contribution >= 4 is 27.6 Å². The molecule has 0 N–H and O–H groups in total. The van der Waals surface area contributed by atoms with E-state index >= 15 is 0 Å². The van der Waals surface area contributed by atoms with Gasteiger partial charge in [0.25, 0.3) is 0 Å². The van der Waals surface area contributed by atoms with E-state index in [1.165, 1.54) is 0 Å². The zero-order valence-electron chi connectivity index (χ0n) is 15.0. The van der Waals surface area contributed by atoms with Gasteiger partial charge in [-0.05, 0) is 35.2 Å². The number of hydrogen-bond donors (Lipinski definition) is 0. The summed E-state index contributed by atoms with van der Waals surface area (Å²) in [6, 6.07) is 0. The number of oxime groups is 1. The first-order valence-corrected chi connectivity index (χ1v) is 9.66. The summed E-state index contributed by atoms with van der Waals surface area (Å²) < 4.78 is 17.5. The predicted octanol–water partition coefficient (Wildman–Crippen LogP) is 2.24. The van der Waals surface area contributed by atoms with Crippen LogP contribution < -0.4 is 4.90 Å². The van der Waals surface area contributed by atoms with Crippen molar-refractivity contribution in [3.8, 4) is 0 Å². The van der Waals surface area contributed by atoms with Gasteiger partial charge in [-0.3, -0.25) is 0 Å². The van der Waals surface area contributed by atoms with Gasteiger partial charge < -0.3 is 23.9 Å². The maximum atomic E-state index is 5.82. The molecule has 0 bridgehead atoms. The number of anilines is 1. The van der Waals surface area contributed by atoms with Gasteiger partial charge in [0.2, 0.25) is 5.95 Å². The summed E-state index contributed by atoms with van der Waals surface area (Å²) in [5.74, 6) is 0.825. The molecule has 2 fully saturated rings. The molecule has 2 saturated heterocycles. The molecule has 8 nitrogen and oxygen atoms in total. The van der Waals surface area contributed by atoms with Gasteiger partial charge in [-0.2, -0.15) is 0 Å². The second kappa shape index (κ2) is 10.1. The monoisotopic (exact) mass is 428 g/mol. The fourth-order valence-electron chi connectivity index (χ4n) is 2.76. The lowest BCUT2D eigenvalue weighted by molar-refractivity contribution is -0.174. The molecule has 0 radical (unpaired) electrons. The van der Waals surface area contributed by atoms with E-state index < -0.39 is 0 Å². The molecule has 0 aromatic carbocycles. The maximum Gasteiger partial charge on any atom is 0.226 e. The van der Waals surface area contributed by atoms with Crippen molar-refractivity contribution in [1.82, 2.24) is 9.97 Å². The second-order valence-electron chi connectivity index (χ2n) is 6.46. The lowest BCUT2D eigenvalue weighted by atomic mass is 10.2. The first-order chi connectivity index (χ1) is 12.7. The lowest BCUT2D eigenvalue weighted by Gasteiger charge is -2.31. The molecule has 26 heavy (non-hydrogen) atoms. The van der Waals surface area contributed by atoms with Crippen LogP contribution in [0.25, 0.3) is 0 Å². The molecule has 0 amide bonds. The molecule has 2 aliphatic heterocycles. The van der Waals surface area contributed by atoms with Crippen molar-refractivity contribution in [3.05, 3.63) is 16.9 Å². The van der Waals surface area contributed by atoms with Gasteiger partial charge in [0.15, 0.2) is 6.29 Å². The third kappa shape index (κ3) is 5.87. The van der Waals surface area contributed by atoms with Gasteiger partial charge in [-0.25, -0.2) is 9.97 Å². The van der Waals surface area contributed by atoms with Crippen LogP contribution in [0, 0.1) is 5.92 Å². The van der Waals surface area contributed by atoms with E-state index in [2.05, 4.69) is 31.1 Å². The van der Waals surface area contributed by atoms with Crippen molar-refractivity contribution in [1.29, 1.82) is 0 Å². The quantitative estimate of drug-likeness (QED) is 0.557. The maximum absolute atomic E-state index is 5.82.